The molecule has 4 heterocycles. The minimum Gasteiger partial charge on any atom is -0.382 e. The van der Waals surface area contributed by atoms with E-state index in [4.69, 9.17) is 11.5 Å². The van der Waals surface area contributed by atoms with Gasteiger partial charge in [0.05, 0.1) is 11.9 Å². The molecule has 0 bridgehead atoms. The van der Waals surface area contributed by atoms with Crippen LogP contribution in [0, 0.1) is 5.82 Å². The van der Waals surface area contributed by atoms with Crippen molar-refractivity contribution >= 4 is 23.2 Å². The number of hydrogen-bond donors (Lipinski definition) is 3. The van der Waals surface area contributed by atoms with E-state index in [2.05, 4.69) is 30.2 Å². The van der Waals surface area contributed by atoms with E-state index in [1.807, 2.05) is 13.0 Å². The molecule has 31 heavy (non-hydrogen) atoms. The molecule has 0 aliphatic carbocycles. The van der Waals surface area contributed by atoms with Crippen LogP contribution in [0.15, 0.2) is 42.9 Å². The first-order valence-electron chi connectivity index (χ1n) is 9.88. The lowest BCUT2D eigenvalue weighted by molar-refractivity contribution is 0.102. The Labute approximate surface area is 178 Å². The monoisotopic (exact) mass is 422 g/mol. The summed E-state index contributed by atoms with van der Waals surface area (Å²) in [5, 5.41) is 2.76. The van der Waals surface area contributed by atoms with Crippen LogP contribution >= 0.6 is 0 Å². The first kappa shape index (κ1) is 20.6. The molecule has 0 radical (unpaired) electrons. The maximum absolute atomic E-state index is 14.1. The number of nitrogens with zero attached hydrogens (tertiary/aromatic N) is 5. The maximum Gasteiger partial charge on any atom is 0.279 e. The Kier molecular flexibility index (Phi) is 5.47. The fraction of sp³-hybridized carbons (Fsp3) is 0.286. The van der Waals surface area contributed by atoms with Crippen molar-refractivity contribution in [1.82, 2.24) is 19.9 Å². The summed E-state index contributed by atoms with van der Waals surface area (Å²) in [5.41, 5.74) is 12.7. The number of rotatable bonds is 4. The molecule has 160 valence electrons. The quantitative estimate of drug-likeness (QED) is 0.582. The largest absolute Gasteiger partial charge is 0.382 e. The van der Waals surface area contributed by atoms with Crippen molar-refractivity contribution in [1.29, 1.82) is 0 Å². The Hall–Kier alpha value is -3.66. The van der Waals surface area contributed by atoms with Gasteiger partial charge in [-0.05, 0) is 44.0 Å². The fourth-order valence-electron chi connectivity index (χ4n) is 3.43. The van der Waals surface area contributed by atoms with E-state index < -0.39 is 11.7 Å². The molecule has 1 amide bonds. The normalized spacial score (nSPS) is 15.5. The van der Waals surface area contributed by atoms with Crippen LogP contribution < -0.4 is 21.7 Å². The molecular formula is C21H23FN8O. The summed E-state index contributed by atoms with van der Waals surface area (Å²) in [6.07, 6.45) is 5.95. The van der Waals surface area contributed by atoms with Gasteiger partial charge in [0.1, 0.15) is 11.4 Å². The van der Waals surface area contributed by atoms with Crippen LogP contribution in [0.5, 0.6) is 0 Å². The van der Waals surface area contributed by atoms with Gasteiger partial charge in [0.2, 0.25) is 0 Å². The highest BCUT2D eigenvalue weighted by Crippen LogP contribution is 2.29. The van der Waals surface area contributed by atoms with Crippen LogP contribution in [0.4, 0.5) is 21.7 Å². The lowest BCUT2D eigenvalue weighted by atomic mass is 9.91. The molecule has 1 fully saturated rings. The molecule has 0 aromatic carbocycles. The van der Waals surface area contributed by atoms with Crippen LogP contribution in [0.2, 0.25) is 0 Å². The van der Waals surface area contributed by atoms with Gasteiger partial charge in [0, 0.05) is 31.0 Å². The van der Waals surface area contributed by atoms with E-state index in [9.17, 15) is 9.18 Å². The summed E-state index contributed by atoms with van der Waals surface area (Å²) in [7, 11) is 0. The lowest BCUT2D eigenvalue weighted by Crippen LogP contribution is -2.48. The van der Waals surface area contributed by atoms with Crippen LogP contribution in [0.1, 0.15) is 30.3 Å². The van der Waals surface area contributed by atoms with Crippen LogP contribution in [-0.4, -0.2) is 44.5 Å². The van der Waals surface area contributed by atoms with Crippen LogP contribution in [-0.2, 0) is 0 Å². The molecule has 1 saturated heterocycles. The molecule has 0 unspecified atom stereocenters. The molecular weight excluding hydrogens is 399 g/mol. The molecule has 5 N–H and O–H groups in total. The zero-order valence-electron chi connectivity index (χ0n) is 17.0. The molecule has 4 rings (SSSR count). The molecule has 3 aromatic heterocycles. The Morgan fingerprint density at radius 1 is 1.16 bits per heavy atom. The second-order valence-corrected chi connectivity index (χ2v) is 7.79. The predicted octanol–water partition coefficient (Wildman–Crippen LogP) is 2.22. The number of pyridine rings is 2. The second kappa shape index (κ2) is 8.23. The van der Waals surface area contributed by atoms with E-state index >= 15 is 0 Å². The topological polar surface area (TPSA) is 136 Å². The van der Waals surface area contributed by atoms with E-state index in [-0.39, 0.29) is 28.4 Å². The number of amides is 1. The van der Waals surface area contributed by atoms with Gasteiger partial charge in [-0.3, -0.25) is 9.78 Å². The van der Waals surface area contributed by atoms with Crippen molar-refractivity contribution < 1.29 is 9.18 Å². The predicted molar refractivity (Wildman–Crippen MR) is 116 cm³/mol. The Balaban J connectivity index is 1.60. The number of hydrogen-bond acceptors (Lipinski definition) is 8. The molecule has 0 atom stereocenters. The number of halogens is 1. The molecule has 9 nitrogen and oxygen atoms in total. The third-order valence-electron chi connectivity index (χ3n) is 5.28. The van der Waals surface area contributed by atoms with E-state index in [1.165, 1.54) is 24.5 Å². The first-order chi connectivity index (χ1) is 14.8. The van der Waals surface area contributed by atoms with E-state index in [0.29, 0.717) is 5.82 Å². The molecule has 3 aromatic rings. The summed E-state index contributed by atoms with van der Waals surface area (Å²) >= 11 is 0. The molecule has 1 aliphatic rings. The first-order valence-corrected chi connectivity index (χ1v) is 9.88. The van der Waals surface area contributed by atoms with Gasteiger partial charge in [-0.1, -0.05) is 0 Å². The van der Waals surface area contributed by atoms with Gasteiger partial charge >= 0.3 is 0 Å². The number of piperidine rings is 1. The zero-order valence-corrected chi connectivity index (χ0v) is 17.0. The van der Waals surface area contributed by atoms with Crippen molar-refractivity contribution in [3.05, 3.63) is 54.4 Å². The van der Waals surface area contributed by atoms with Crippen LogP contribution in [0.25, 0.3) is 11.4 Å². The van der Waals surface area contributed by atoms with Gasteiger partial charge in [-0.15, -0.1) is 0 Å². The van der Waals surface area contributed by atoms with Gasteiger partial charge in [-0.2, -0.15) is 0 Å². The zero-order chi connectivity index (χ0) is 22.0. The number of anilines is 3. The van der Waals surface area contributed by atoms with Gasteiger partial charge in [0.15, 0.2) is 23.1 Å². The highest BCUT2D eigenvalue weighted by atomic mass is 19.1. The highest BCUT2D eigenvalue weighted by molar-refractivity contribution is 6.06. The summed E-state index contributed by atoms with van der Waals surface area (Å²) < 4.78 is 14.1. The van der Waals surface area contributed by atoms with Gasteiger partial charge in [-0.25, -0.2) is 19.3 Å². The summed E-state index contributed by atoms with van der Waals surface area (Å²) in [5.74, 6) is -0.864. The Morgan fingerprint density at radius 2 is 1.87 bits per heavy atom. The van der Waals surface area contributed by atoms with Gasteiger partial charge in [0.25, 0.3) is 5.91 Å². The fourth-order valence-corrected chi connectivity index (χ4v) is 3.43. The molecule has 0 spiro atoms. The van der Waals surface area contributed by atoms with E-state index in [0.717, 1.165) is 31.6 Å². The smallest absolute Gasteiger partial charge is 0.279 e. The average Bonchev–Trinajstić information content (AvgIpc) is 2.75. The van der Waals surface area contributed by atoms with Crippen molar-refractivity contribution in [2.75, 3.05) is 29.0 Å². The summed E-state index contributed by atoms with van der Waals surface area (Å²) in [4.78, 5) is 31.6. The maximum atomic E-state index is 14.1. The minimum absolute atomic E-state index is 0.0132. The van der Waals surface area contributed by atoms with Gasteiger partial charge < -0.3 is 21.7 Å². The van der Waals surface area contributed by atoms with Crippen LogP contribution in [0.3, 0.4) is 0 Å². The average molecular weight is 422 g/mol. The number of nitrogen functional groups attached to an aromatic ring is 1. The number of aromatic nitrogens is 4. The third kappa shape index (κ3) is 4.43. The molecule has 10 heteroatoms. The van der Waals surface area contributed by atoms with E-state index in [1.54, 1.807) is 12.3 Å². The van der Waals surface area contributed by atoms with Crippen molar-refractivity contribution in [3.8, 4) is 11.4 Å². The number of nitrogens with two attached hydrogens (primary N) is 2. The third-order valence-corrected chi connectivity index (χ3v) is 5.28. The standard InChI is InChI=1S/C21H23FN8O/c1-21(24)6-10-30(11-7-21)15-5-3-9-26-19(15)29-20(31)17-18(23)27-12-14(28-17)16-13(22)4-2-8-25-16/h2-5,8-9,12H,6-7,10-11,24H2,1H3,(H2,23,27)(H,26,29,31). The van der Waals surface area contributed by atoms with Crippen molar-refractivity contribution in [3.63, 3.8) is 0 Å². The number of carbonyl (C=O) groups is 1. The molecule has 0 saturated carbocycles. The van der Waals surface area contributed by atoms with Crippen molar-refractivity contribution in [2.45, 2.75) is 25.3 Å². The minimum atomic E-state index is -0.594. The SMILES string of the molecule is CC1(N)CCN(c2cccnc2NC(=O)c2nc(-c3ncccc3F)cnc2N)CC1. The van der Waals surface area contributed by atoms with Crippen molar-refractivity contribution in [2.24, 2.45) is 5.73 Å². The Morgan fingerprint density at radius 3 is 2.61 bits per heavy atom. The number of nitrogens with one attached hydrogen (secondary N) is 1. The highest BCUT2D eigenvalue weighted by Gasteiger charge is 2.28. The summed E-state index contributed by atoms with van der Waals surface area (Å²) in [6, 6.07) is 6.41. The second-order valence-electron chi connectivity index (χ2n) is 7.79. The lowest BCUT2D eigenvalue weighted by Gasteiger charge is -2.38. The Bertz CT molecular complexity index is 1110. The molecule has 1 aliphatic heterocycles. The summed E-state index contributed by atoms with van der Waals surface area (Å²) in [6.45, 7) is 3.53. The number of carbonyl (C=O) groups excluding carboxylic acids is 1.